The quantitative estimate of drug-likeness (QED) is 0.569. The number of anilines is 1. The molecule has 1 aliphatic heterocycles. The minimum Gasteiger partial charge on any atom is -0.353 e. The molecule has 2 heterocycles. The molecule has 0 radical (unpaired) electrons. The summed E-state index contributed by atoms with van der Waals surface area (Å²) in [6.45, 7) is 10.5. The summed E-state index contributed by atoms with van der Waals surface area (Å²) < 4.78 is 0. The van der Waals surface area contributed by atoms with E-state index in [1.165, 1.54) is 12.1 Å². The molecule has 8 nitrogen and oxygen atoms in total. The summed E-state index contributed by atoms with van der Waals surface area (Å²) in [7, 11) is 0. The number of carbonyl (C=O) groups is 1. The maximum Gasteiger partial charge on any atom is 0.269 e. The van der Waals surface area contributed by atoms with E-state index in [4.69, 9.17) is 9.97 Å². The number of amides is 1. The Hall–Kier alpha value is -3.03. The highest BCUT2D eigenvalue weighted by Crippen LogP contribution is 2.27. The SMILES string of the molecule is CC(=O)N1CCN(c2nc(C(C)C)nc(C)c2Cc2ccc([N+](=O)[O-])cc2)CC1. The third-order valence-corrected chi connectivity index (χ3v) is 5.28. The highest BCUT2D eigenvalue weighted by Gasteiger charge is 2.24. The Kier molecular flexibility index (Phi) is 6.10. The van der Waals surface area contributed by atoms with E-state index in [1.54, 1.807) is 19.1 Å². The van der Waals surface area contributed by atoms with Crippen molar-refractivity contribution in [1.29, 1.82) is 0 Å². The second-order valence-corrected chi connectivity index (χ2v) is 7.72. The molecule has 2 aromatic rings. The Morgan fingerprint density at radius 1 is 1.14 bits per heavy atom. The number of non-ortho nitro benzene ring substituents is 1. The van der Waals surface area contributed by atoms with Gasteiger partial charge in [-0.3, -0.25) is 14.9 Å². The molecule has 0 unspecified atom stereocenters. The highest BCUT2D eigenvalue weighted by atomic mass is 16.6. The largest absolute Gasteiger partial charge is 0.353 e. The number of benzene rings is 1. The molecule has 1 fully saturated rings. The molecule has 1 saturated heterocycles. The highest BCUT2D eigenvalue weighted by molar-refractivity contribution is 5.73. The minimum absolute atomic E-state index is 0.0810. The van der Waals surface area contributed by atoms with E-state index in [-0.39, 0.29) is 17.5 Å². The molecule has 0 bridgehead atoms. The molecule has 0 spiro atoms. The number of piperazine rings is 1. The molecule has 1 aromatic heterocycles. The van der Waals surface area contributed by atoms with Crippen molar-refractivity contribution in [3.63, 3.8) is 0 Å². The van der Waals surface area contributed by atoms with Crippen LogP contribution in [0.3, 0.4) is 0 Å². The Balaban J connectivity index is 1.93. The zero-order valence-corrected chi connectivity index (χ0v) is 17.4. The van der Waals surface area contributed by atoms with Gasteiger partial charge in [-0.1, -0.05) is 26.0 Å². The fraction of sp³-hybridized carbons (Fsp3) is 0.476. The standard InChI is InChI=1S/C21H27N5O3/c1-14(2)20-22-15(3)19(13-17-5-7-18(8-6-17)26(28)29)21(23-20)25-11-9-24(10-12-25)16(4)27/h5-8,14H,9-13H2,1-4H3. The van der Waals surface area contributed by atoms with Crippen molar-refractivity contribution in [2.45, 2.75) is 40.0 Å². The van der Waals surface area contributed by atoms with Crippen LogP contribution in [0.25, 0.3) is 0 Å². The normalized spacial score (nSPS) is 14.4. The van der Waals surface area contributed by atoms with E-state index in [9.17, 15) is 14.9 Å². The van der Waals surface area contributed by atoms with Crippen LogP contribution in [0.1, 0.15) is 49.3 Å². The van der Waals surface area contributed by atoms with Crippen molar-refractivity contribution in [3.05, 3.63) is 57.0 Å². The molecule has 0 N–H and O–H groups in total. The molecule has 1 aliphatic rings. The van der Waals surface area contributed by atoms with Crippen LogP contribution in [0.15, 0.2) is 24.3 Å². The number of carbonyl (C=O) groups excluding carboxylic acids is 1. The lowest BCUT2D eigenvalue weighted by Gasteiger charge is -2.36. The third-order valence-electron chi connectivity index (χ3n) is 5.28. The van der Waals surface area contributed by atoms with Gasteiger partial charge in [-0.25, -0.2) is 9.97 Å². The lowest BCUT2D eigenvalue weighted by molar-refractivity contribution is -0.384. The zero-order chi connectivity index (χ0) is 21.1. The third kappa shape index (κ3) is 4.70. The predicted octanol–water partition coefficient (Wildman–Crippen LogP) is 3.08. The van der Waals surface area contributed by atoms with E-state index in [0.717, 1.165) is 41.6 Å². The van der Waals surface area contributed by atoms with E-state index < -0.39 is 4.92 Å². The number of aryl methyl sites for hydroxylation is 1. The Morgan fingerprint density at radius 3 is 2.28 bits per heavy atom. The van der Waals surface area contributed by atoms with E-state index in [1.807, 2.05) is 11.8 Å². The molecule has 0 atom stereocenters. The van der Waals surface area contributed by atoms with Crippen molar-refractivity contribution in [1.82, 2.24) is 14.9 Å². The van der Waals surface area contributed by atoms with Crippen LogP contribution < -0.4 is 4.90 Å². The van der Waals surface area contributed by atoms with Crippen LogP contribution in [0.4, 0.5) is 11.5 Å². The van der Waals surface area contributed by atoms with Crippen molar-refractivity contribution >= 4 is 17.4 Å². The number of nitro groups is 1. The van der Waals surface area contributed by atoms with Crippen molar-refractivity contribution in [2.24, 2.45) is 0 Å². The van der Waals surface area contributed by atoms with Gasteiger partial charge in [-0.15, -0.1) is 0 Å². The van der Waals surface area contributed by atoms with Crippen LogP contribution in [-0.2, 0) is 11.2 Å². The molecule has 0 aliphatic carbocycles. The monoisotopic (exact) mass is 397 g/mol. The Bertz CT molecular complexity index is 903. The van der Waals surface area contributed by atoms with Gasteiger partial charge >= 0.3 is 0 Å². The average Bonchev–Trinajstić information content (AvgIpc) is 2.69. The molecule has 1 amide bonds. The molecule has 1 aromatic carbocycles. The van der Waals surface area contributed by atoms with E-state index in [2.05, 4.69) is 18.7 Å². The summed E-state index contributed by atoms with van der Waals surface area (Å²) in [5.41, 5.74) is 3.01. The van der Waals surface area contributed by atoms with Crippen molar-refractivity contribution < 1.29 is 9.72 Å². The lowest BCUT2D eigenvalue weighted by Crippen LogP contribution is -2.48. The fourth-order valence-corrected chi connectivity index (χ4v) is 3.50. The summed E-state index contributed by atoms with van der Waals surface area (Å²) >= 11 is 0. The van der Waals surface area contributed by atoms with Crippen LogP contribution in [-0.4, -0.2) is 51.9 Å². The van der Waals surface area contributed by atoms with E-state index >= 15 is 0 Å². The molecule has 3 rings (SSSR count). The number of hydrogen-bond donors (Lipinski definition) is 0. The fourth-order valence-electron chi connectivity index (χ4n) is 3.50. The Morgan fingerprint density at radius 2 is 1.76 bits per heavy atom. The number of rotatable bonds is 5. The van der Waals surface area contributed by atoms with Gasteiger partial charge in [-0.05, 0) is 12.5 Å². The van der Waals surface area contributed by atoms with Gasteiger partial charge in [0.2, 0.25) is 5.91 Å². The van der Waals surface area contributed by atoms with Crippen molar-refractivity contribution in [2.75, 3.05) is 31.1 Å². The molecule has 154 valence electrons. The number of nitrogens with zero attached hydrogens (tertiary/aromatic N) is 5. The lowest BCUT2D eigenvalue weighted by atomic mass is 10.0. The number of nitro benzene ring substituents is 1. The number of hydrogen-bond acceptors (Lipinski definition) is 6. The van der Waals surface area contributed by atoms with Gasteiger partial charge < -0.3 is 9.80 Å². The van der Waals surface area contributed by atoms with Crippen LogP contribution in [0.5, 0.6) is 0 Å². The first-order valence-corrected chi connectivity index (χ1v) is 9.87. The molecule has 0 saturated carbocycles. The molecule has 8 heteroatoms. The molecular weight excluding hydrogens is 370 g/mol. The molecular formula is C21H27N5O3. The van der Waals surface area contributed by atoms with Gasteiger partial charge in [0.25, 0.3) is 5.69 Å². The first-order valence-electron chi connectivity index (χ1n) is 9.87. The Labute approximate surface area is 170 Å². The van der Waals surface area contributed by atoms with Crippen LogP contribution in [0.2, 0.25) is 0 Å². The van der Waals surface area contributed by atoms with Gasteiger partial charge in [-0.2, -0.15) is 0 Å². The predicted molar refractivity (Wildman–Crippen MR) is 111 cm³/mol. The first-order chi connectivity index (χ1) is 13.8. The van der Waals surface area contributed by atoms with E-state index in [0.29, 0.717) is 19.5 Å². The maximum absolute atomic E-state index is 11.7. The number of aromatic nitrogens is 2. The van der Waals surface area contributed by atoms with Crippen molar-refractivity contribution in [3.8, 4) is 0 Å². The second kappa shape index (κ2) is 8.55. The maximum atomic E-state index is 11.7. The van der Waals surface area contributed by atoms with Crippen LogP contribution >= 0.6 is 0 Å². The zero-order valence-electron chi connectivity index (χ0n) is 17.4. The molecule has 29 heavy (non-hydrogen) atoms. The summed E-state index contributed by atoms with van der Waals surface area (Å²) in [5, 5.41) is 10.9. The van der Waals surface area contributed by atoms with Gasteiger partial charge in [0.15, 0.2) is 0 Å². The minimum atomic E-state index is -0.393. The second-order valence-electron chi connectivity index (χ2n) is 7.72. The van der Waals surface area contributed by atoms with Crippen LogP contribution in [0, 0.1) is 17.0 Å². The summed E-state index contributed by atoms with van der Waals surface area (Å²) in [6.07, 6.45) is 0.602. The topological polar surface area (TPSA) is 92.5 Å². The first kappa shape index (κ1) is 20.7. The smallest absolute Gasteiger partial charge is 0.269 e. The summed E-state index contributed by atoms with van der Waals surface area (Å²) in [5.74, 6) is 2.01. The summed E-state index contributed by atoms with van der Waals surface area (Å²) in [4.78, 5) is 35.8. The van der Waals surface area contributed by atoms with Gasteiger partial charge in [0.05, 0.1) is 4.92 Å². The van der Waals surface area contributed by atoms with Gasteiger partial charge in [0, 0.05) is 68.8 Å². The average molecular weight is 397 g/mol. The van der Waals surface area contributed by atoms with Gasteiger partial charge in [0.1, 0.15) is 11.6 Å². The summed E-state index contributed by atoms with van der Waals surface area (Å²) in [6, 6.07) is 6.62.